The van der Waals surface area contributed by atoms with Crippen molar-refractivity contribution in [1.29, 1.82) is 0 Å². The van der Waals surface area contributed by atoms with E-state index in [4.69, 9.17) is 10.5 Å². The molecule has 1 fully saturated rings. The zero-order valence-corrected chi connectivity index (χ0v) is 10.9. The van der Waals surface area contributed by atoms with Crippen molar-refractivity contribution in [2.75, 3.05) is 13.2 Å². The van der Waals surface area contributed by atoms with Crippen LogP contribution >= 0.6 is 15.9 Å². The number of rotatable bonds is 2. The van der Waals surface area contributed by atoms with Crippen LogP contribution in [0.3, 0.4) is 0 Å². The third-order valence-electron chi connectivity index (χ3n) is 3.03. The second kappa shape index (κ2) is 5.25. The highest BCUT2D eigenvalue weighted by atomic mass is 79.9. The number of aromatic nitrogens is 1. The van der Waals surface area contributed by atoms with E-state index in [1.165, 1.54) is 0 Å². The molecule has 16 heavy (non-hydrogen) atoms. The fourth-order valence-corrected chi connectivity index (χ4v) is 2.31. The highest BCUT2D eigenvalue weighted by Crippen LogP contribution is 2.22. The number of hydrogen-bond donors (Lipinski definition) is 1. The topological polar surface area (TPSA) is 48.1 Å². The molecule has 2 N–H and O–H groups in total. The van der Waals surface area contributed by atoms with Gasteiger partial charge in [0.1, 0.15) is 0 Å². The van der Waals surface area contributed by atoms with Gasteiger partial charge in [-0.25, -0.2) is 0 Å². The smallest absolute Gasteiger partial charge is 0.0483 e. The lowest BCUT2D eigenvalue weighted by molar-refractivity contribution is 0.139. The lowest BCUT2D eigenvalue weighted by atomic mass is 9.87. The maximum Gasteiger partial charge on any atom is 0.0483 e. The molecule has 3 nitrogen and oxygen atoms in total. The van der Waals surface area contributed by atoms with Gasteiger partial charge in [0.15, 0.2) is 0 Å². The van der Waals surface area contributed by atoms with E-state index in [2.05, 4.69) is 20.9 Å². The highest BCUT2D eigenvalue weighted by molar-refractivity contribution is 9.10. The summed E-state index contributed by atoms with van der Waals surface area (Å²) in [5.41, 5.74) is 7.32. The molecule has 88 valence electrons. The Morgan fingerprint density at radius 1 is 1.38 bits per heavy atom. The average molecular weight is 285 g/mol. The zero-order chi connectivity index (χ0) is 11.4. The Labute approximate surface area is 105 Å². The molecule has 1 aromatic rings. The zero-order valence-electron chi connectivity index (χ0n) is 9.29. The van der Waals surface area contributed by atoms with E-state index in [0.29, 0.717) is 0 Å². The lowest BCUT2D eigenvalue weighted by Gasteiger charge is -2.26. The molecule has 1 unspecified atom stereocenters. The van der Waals surface area contributed by atoms with Gasteiger partial charge in [-0.15, -0.1) is 0 Å². The van der Waals surface area contributed by atoms with Crippen molar-refractivity contribution < 1.29 is 4.74 Å². The molecule has 0 saturated carbocycles. The molecular weight excluding hydrogens is 268 g/mol. The Kier molecular flexibility index (Phi) is 3.95. The summed E-state index contributed by atoms with van der Waals surface area (Å²) in [6.07, 6.45) is 5.65. The van der Waals surface area contributed by atoms with E-state index in [1.807, 2.05) is 18.3 Å². The van der Waals surface area contributed by atoms with Gasteiger partial charge in [0.25, 0.3) is 0 Å². The molecule has 0 bridgehead atoms. The van der Waals surface area contributed by atoms with Crippen LogP contribution in [0.4, 0.5) is 0 Å². The SMILES string of the molecule is NC1(Cc2ccc(Br)cn2)CCCOCC1. The monoisotopic (exact) mass is 284 g/mol. The van der Waals surface area contributed by atoms with Gasteiger partial charge in [-0.05, 0) is 47.3 Å². The first-order valence-electron chi connectivity index (χ1n) is 5.65. The highest BCUT2D eigenvalue weighted by Gasteiger charge is 2.27. The number of pyridine rings is 1. The number of hydrogen-bond acceptors (Lipinski definition) is 3. The first-order chi connectivity index (χ1) is 7.68. The van der Waals surface area contributed by atoms with Crippen LogP contribution < -0.4 is 5.73 Å². The summed E-state index contributed by atoms with van der Waals surface area (Å²) in [4.78, 5) is 4.38. The summed E-state index contributed by atoms with van der Waals surface area (Å²) in [5.74, 6) is 0. The van der Waals surface area contributed by atoms with Gasteiger partial charge in [-0.3, -0.25) is 4.98 Å². The summed E-state index contributed by atoms with van der Waals surface area (Å²) >= 11 is 3.38. The number of ether oxygens (including phenoxy) is 1. The fourth-order valence-electron chi connectivity index (χ4n) is 2.08. The van der Waals surface area contributed by atoms with E-state index in [9.17, 15) is 0 Å². The maximum atomic E-state index is 6.40. The van der Waals surface area contributed by atoms with E-state index in [0.717, 1.165) is 49.1 Å². The van der Waals surface area contributed by atoms with Gasteiger partial charge in [0.2, 0.25) is 0 Å². The third-order valence-corrected chi connectivity index (χ3v) is 3.50. The molecule has 1 aromatic heterocycles. The Morgan fingerprint density at radius 2 is 2.25 bits per heavy atom. The second-order valence-corrected chi connectivity index (χ2v) is 5.39. The van der Waals surface area contributed by atoms with Crippen LogP contribution in [-0.4, -0.2) is 23.7 Å². The molecule has 1 aliphatic rings. The molecule has 0 spiro atoms. The standard InChI is InChI=1S/C12H17BrN2O/c13-10-2-3-11(15-9-10)8-12(14)4-1-6-16-7-5-12/h2-3,9H,1,4-8,14H2. The second-order valence-electron chi connectivity index (χ2n) is 4.47. The Balaban J connectivity index is 2.04. The predicted octanol–water partition coefficient (Wildman–Crippen LogP) is 2.28. The maximum absolute atomic E-state index is 6.40. The summed E-state index contributed by atoms with van der Waals surface area (Å²) in [6, 6.07) is 4.04. The molecular formula is C12H17BrN2O. The molecule has 1 atom stereocenters. The molecule has 2 heterocycles. The van der Waals surface area contributed by atoms with Crippen molar-refractivity contribution >= 4 is 15.9 Å². The summed E-state index contributed by atoms with van der Waals surface area (Å²) in [6.45, 7) is 1.61. The van der Waals surface area contributed by atoms with Crippen molar-refractivity contribution in [2.45, 2.75) is 31.2 Å². The first-order valence-corrected chi connectivity index (χ1v) is 6.44. The normalized spacial score (nSPS) is 26.4. The van der Waals surface area contributed by atoms with Crippen molar-refractivity contribution in [2.24, 2.45) is 5.73 Å². The van der Waals surface area contributed by atoms with Crippen LogP contribution in [0, 0.1) is 0 Å². The molecule has 0 aliphatic carbocycles. The number of nitrogens with two attached hydrogens (primary N) is 1. The minimum absolute atomic E-state index is 0.142. The molecule has 4 heteroatoms. The van der Waals surface area contributed by atoms with Crippen LogP contribution in [0.15, 0.2) is 22.8 Å². The van der Waals surface area contributed by atoms with Gasteiger partial charge in [-0.1, -0.05) is 0 Å². The van der Waals surface area contributed by atoms with Crippen LogP contribution in [-0.2, 0) is 11.2 Å². The van der Waals surface area contributed by atoms with E-state index in [-0.39, 0.29) is 5.54 Å². The number of halogens is 1. The summed E-state index contributed by atoms with van der Waals surface area (Å²) in [7, 11) is 0. The molecule has 0 aromatic carbocycles. The van der Waals surface area contributed by atoms with Gasteiger partial charge in [-0.2, -0.15) is 0 Å². The number of nitrogens with zero attached hydrogens (tertiary/aromatic N) is 1. The van der Waals surface area contributed by atoms with Gasteiger partial charge in [0, 0.05) is 41.5 Å². The molecule has 1 saturated heterocycles. The average Bonchev–Trinajstić information content (AvgIpc) is 2.47. The van der Waals surface area contributed by atoms with Crippen LogP contribution in [0.5, 0.6) is 0 Å². The predicted molar refractivity (Wildman–Crippen MR) is 67.2 cm³/mol. The molecule has 1 aliphatic heterocycles. The van der Waals surface area contributed by atoms with E-state index < -0.39 is 0 Å². The fraction of sp³-hybridized carbons (Fsp3) is 0.583. The Morgan fingerprint density at radius 3 is 3.00 bits per heavy atom. The molecule has 2 rings (SSSR count). The first kappa shape index (κ1) is 12.0. The van der Waals surface area contributed by atoms with Gasteiger partial charge < -0.3 is 10.5 Å². The van der Waals surface area contributed by atoms with Crippen molar-refractivity contribution in [3.8, 4) is 0 Å². The van der Waals surface area contributed by atoms with Crippen LogP contribution in [0.25, 0.3) is 0 Å². The van der Waals surface area contributed by atoms with Crippen molar-refractivity contribution in [3.63, 3.8) is 0 Å². The van der Waals surface area contributed by atoms with Crippen LogP contribution in [0.1, 0.15) is 25.0 Å². The molecule has 0 amide bonds. The van der Waals surface area contributed by atoms with Crippen molar-refractivity contribution in [1.82, 2.24) is 4.98 Å². The Hall–Kier alpha value is -0.450. The minimum Gasteiger partial charge on any atom is -0.381 e. The van der Waals surface area contributed by atoms with Gasteiger partial charge in [0.05, 0.1) is 0 Å². The lowest BCUT2D eigenvalue weighted by Crippen LogP contribution is -2.42. The minimum atomic E-state index is -0.142. The largest absolute Gasteiger partial charge is 0.381 e. The summed E-state index contributed by atoms with van der Waals surface area (Å²) < 4.78 is 6.44. The quantitative estimate of drug-likeness (QED) is 0.907. The van der Waals surface area contributed by atoms with E-state index >= 15 is 0 Å². The van der Waals surface area contributed by atoms with E-state index in [1.54, 1.807) is 0 Å². The third kappa shape index (κ3) is 3.27. The summed E-state index contributed by atoms with van der Waals surface area (Å²) in [5, 5.41) is 0. The van der Waals surface area contributed by atoms with Crippen LogP contribution in [0.2, 0.25) is 0 Å². The van der Waals surface area contributed by atoms with Gasteiger partial charge >= 0.3 is 0 Å². The molecule has 0 radical (unpaired) electrons. The van der Waals surface area contributed by atoms with Crippen molar-refractivity contribution in [3.05, 3.63) is 28.5 Å². The Bertz CT molecular complexity index is 331.